The number of fused-ring (bicyclic) bond motifs is 1. The number of aryl methyl sites for hydroxylation is 1. The average molecular weight is 423 g/mol. The number of aliphatic hydroxyl groups excluding tert-OH is 1. The topological polar surface area (TPSA) is 90.4 Å². The van der Waals surface area contributed by atoms with E-state index in [-0.39, 0.29) is 12.6 Å². The van der Waals surface area contributed by atoms with Gasteiger partial charge in [-0.1, -0.05) is 0 Å². The summed E-state index contributed by atoms with van der Waals surface area (Å²) in [5.74, 6) is 1.36. The van der Waals surface area contributed by atoms with Crippen LogP contribution in [0.1, 0.15) is 25.3 Å². The summed E-state index contributed by atoms with van der Waals surface area (Å²) in [6.07, 6.45) is 5.68. The molecule has 0 aliphatic carbocycles. The highest BCUT2D eigenvalue weighted by atomic mass is 16.5. The molecule has 0 saturated carbocycles. The van der Waals surface area contributed by atoms with E-state index in [9.17, 15) is 5.11 Å². The number of rotatable bonds is 4. The van der Waals surface area contributed by atoms with Crippen molar-refractivity contribution in [3.05, 3.63) is 30.1 Å². The minimum absolute atomic E-state index is 0.264. The Balaban J connectivity index is 1.69. The smallest absolute Gasteiger partial charge is 0.131 e. The Morgan fingerprint density at radius 2 is 2.10 bits per heavy atom. The van der Waals surface area contributed by atoms with Gasteiger partial charge < -0.3 is 19.6 Å². The average Bonchev–Trinajstić information content (AvgIpc) is 3.34. The molecule has 164 valence electrons. The normalized spacial score (nSPS) is 20.5. The number of morpholine rings is 1. The molecule has 0 bridgehead atoms. The Morgan fingerprint density at radius 1 is 1.26 bits per heavy atom. The highest BCUT2D eigenvalue weighted by Gasteiger charge is 2.26. The van der Waals surface area contributed by atoms with Crippen molar-refractivity contribution in [2.75, 3.05) is 49.3 Å². The molecule has 2 saturated heterocycles. The number of ether oxygens (including phenoxy) is 1. The zero-order valence-corrected chi connectivity index (χ0v) is 18.2. The highest BCUT2D eigenvalue weighted by molar-refractivity contribution is 6.02. The number of hydrogen-bond acceptors (Lipinski definition) is 7. The summed E-state index contributed by atoms with van der Waals surface area (Å²) in [7, 11) is 0. The third-order valence-electron chi connectivity index (χ3n) is 6.62. The molecular weight excluding hydrogens is 392 g/mol. The van der Waals surface area contributed by atoms with E-state index in [4.69, 9.17) is 14.7 Å². The van der Waals surface area contributed by atoms with Crippen LogP contribution >= 0.6 is 0 Å². The maximum Gasteiger partial charge on any atom is 0.131 e. The molecule has 1 unspecified atom stereocenters. The fraction of sp³-hybridized carbons (Fsp3) is 0.522. The largest absolute Gasteiger partial charge is 0.396 e. The molecule has 2 N–H and O–H groups in total. The Bertz CT molecular complexity index is 1050. The lowest BCUT2D eigenvalue weighted by Gasteiger charge is -2.37. The van der Waals surface area contributed by atoms with Crippen LogP contribution in [0, 0.1) is 12.8 Å². The molecule has 2 fully saturated rings. The van der Waals surface area contributed by atoms with E-state index < -0.39 is 0 Å². The number of aromatic nitrogens is 4. The number of pyridine rings is 2. The summed E-state index contributed by atoms with van der Waals surface area (Å²) in [6, 6.07) is 4.45. The fourth-order valence-corrected chi connectivity index (χ4v) is 4.77. The lowest BCUT2D eigenvalue weighted by Crippen LogP contribution is -2.44. The third-order valence-corrected chi connectivity index (χ3v) is 6.62. The molecular formula is C23H30N6O2. The number of nitrogens with one attached hydrogen (secondary N) is 1. The molecule has 2 aliphatic rings. The lowest BCUT2D eigenvalue weighted by atomic mass is 9.96. The Kier molecular flexibility index (Phi) is 5.50. The van der Waals surface area contributed by atoms with E-state index in [2.05, 4.69) is 39.9 Å². The fourth-order valence-electron chi connectivity index (χ4n) is 4.77. The number of aromatic amines is 1. The van der Waals surface area contributed by atoms with Crippen LogP contribution in [0.3, 0.4) is 0 Å². The molecule has 0 radical (unpaired) electrons. The van der Waals surface area contributed by atoms with Crippen molar-refractivity contribution in [1.29, 1.82) is 0 Å². The summed E-state index contributed by atoms with van der Waals surface area (Å²) in [6.45, 7) is 8.67. The van der Waals surface area contributed by atoms with Crippen LogP contribution in [0.5, 0.6) is 0 Å². The van der Waals surface area contributed by atoms with E-state index >= 15 is 0 Å². The number of aliphatic hydroxyl groups is 1. The maximum atomic E-state index is 9.58. The number of anilines is 2. The molecule has 8 heteroatoms. The van der Waals surface area contributed by atoms with Gasteiger partial charge in [-0.15, -0.1) is 0 Å². The summed E-state index contributed by atoms with van der Waals surface area (Å²) in [4.78, 5) is 14.7. The molecule has 0 amide bonds. The first-order valence-corrected chi connectivity index (χ1v) is 11.2. The zero-order valence-electron chi connectivity index (χ0n) is 18.2. The lowest BCUT2D eigenvalue weighted by molar-refractivity contribution is 0.0986. The van der Waals surface area contributed by atoms with Gasteiger partial charge in [-0.25, -0.2) is 4.98 Å². The molecule has 31 heavy (non-hydrogen) atoms. The molecule has 8 nitrogen and oxygen atoms in total. The van der Waals surface area contributed by atoms with Crippen molar-refractivity contribution in [3.8, 4) is 11.4 Å². The summed E-state index contributed by atoms with van der Waals surface area (Å²) < 4.78 is 5.66. The van der Waals surface area contributed by atoms with E-state index in [1.54, 1.807) is 6.20 Å². The van der Waals surface area contributed by atoms with Crippen molar-refractivity contribution in [2.24, 2.45) is 5.92 Å². The van der Waals surface area contributed by atoms with Crippen molar-refractivity contribution in [3.63, 3.8) is 0 Å². The Labute approximate surface area is 182 Å². The highest BCUT2D eigenvalue weighted by Crippen LogP contribution is 2.38. The van der Waals surface area contributed by atoms with Gasteiger partial charge in [0.25, 0.3) is 0 Å². The quantitative estimate of drug-likeness (QED) is 0.668. The van der Waals surface area contributed by atoms with Gasteiger partial charge in [0.05, 0.1) is 30.6 Å². The SMILES string of the molecule is Cc1cnc(-c2ccn[nH]2)c2nc(N3CCOCC3C)cc(N3CCC(CO)CC3)c12. The molecule has 0 aromatic carbocycles. The second-order valence-corrected chi connectivity index (χ2v) is 8.71. The van der Waals surface area contributed by atoms with Gasteiger partial charge in [-0.3, -0.25) is 10.1 Å². The number of nitrogens with zero attached hydrogens (tertiary/aromatic N) is 5. The van der Waals surface area contributed by atoms with Crippen molar-refractivity contribution in [1.82, 2.24) is 20.2 Å². The van der Waals surface area contributed by atoms with Crippen LogP contribution in [0.25, 0.3) is 22.3 Å². The number of H-pyrrole nitrogens is 1. The second-order valence-electron chi connectivity index (χ2n) is 8.71. The molecule has 1 atom stereocenters. The predicted molar refractivity (Wildman–Crippen MR) is 122 cm³/mol. The van der Waals surface area contributed by atoms with E-state index in [1.165, 1.54) is 5.69 Å². The molecule has 2 aliphatic heterocycles. The van der Waals surface area contributed by atoms with Gasteiger partial charge in [-0.05, 0) is 44.2 Å². The van der Waals surface area contributed by atoms with Gasteiger partial charge in [0.15, 0.2) is 0 Å². The van der Waals surface area contributed by atoms with Gasteiger partial charge in [0, 0.05) is 50.1 Å². The zero-order chi connectivity index (χ0) is 21.4. The first kappa shape index (κ1) is 20.2. The van der Waals surface area contributed by atoms with Crippen LogP contribution in [-0.2, 0) is 4.74 Å². The first-order chi connectivity index (χ1) is 15.2. The van der Waals surface area contributed by atoms with Crippen molar-refractivity contribution < 1.29 is 9.84 Å². The van der Waals surface area contributed by atoms with Crippen LogP contribution in [0.2, 0.25) is 0 Å². The van der Waals surface area contributed by atoms with Gasteiger partial charge in [0.1, 0.15) is 17.0 Å². The first-order valence-electron chi connectivity index (χ1n) is 11.2. The minimum atomic E-state index is 0.264. The Morgan fingerprint density at radius 3 is 2.81 bits per heavy atom. The van der Waals surface area contributed by atoms with Crippen LogP contribution in [0.15, 0.2) is 24.5 Å². The van der Waals surface area contributed by atoms with E-state index in [0.717, 1.165) is 66.1 Å². The minimum Gasteiger partial charge on any atom is -0.396 e. The standard InChI is InChI=1S/C23H30N6O2/c1-15-12-24-22(18-3-6-25-27-18)23-21(15)19(28-7-4-17(13-30)5-8-28)11-20(26-23)29-9-10-31-14-16(29)2/h3,6,11-12,16-17,30H,4-5,7-10,13-14H2,1-2H3,(H,25,27). The predicted octanol–water partition coefficient (Wildman–Crippen LogP) is 2.76. The van der Waals surface area contributed by atoms with E-state index in [0.29, 0.717) is 19.1 Å². The monoisotopic (exact) mass is 422 g/mol. The third kappa shape index (κ3) is 3.74. The molecule has 5 heterocycles. The van der Waals surface area contributed by atoms with E-state index in [1.807, 2.05) is 12.3 Å². The molecule has 5 rings (SSSR count). The van der Waals surface area contributed by atoms with Gasteiger partial charge in [-0.2, -0.15) is 5.10 Å². The molecule has 3 aromatic rings. The van der Waals surface area contributed by atoms with Gasteiger partial charge >= 0.3 is 0 Å². The number of hydrogen-bond donors (Lipinski definition) is 2. The Hall–Kier alpha value is -2.71. The number of piperidine rings is 1. The molecule has 0 spiro atoms. The maximum absolute atomic E-state index is 9.58. The summed E-state index contributed by atoms with van der Waals surface area (Å²) in [5.41, 5.74) is 4.92. The van der Waals surface area contributed by atoms with Crippen molar-refractivity contribution in [2.45, 2.75) is 32.7 Å². The summed E-state index contributed by atoms with van der Waals surface area (Å²) >= 11 is 0. The second kappa shape index (κ2) is 8.43. The van der Waals surface area contributed by atoms with Crippen molar-refractivity contribution >= 4 is 22.4 Å². The summed E-state index contributed by atoms with van der Waals surface area (Å²) in [5, 5.41) is 17.9. The van der Waals surface area contributed by atoms with Crippen LogP contribution in [0.4, 0.5) is 11.5 Å². The van der Waals surface area contributed by atoms with Gasteiger partial charge in [0.2, 0.25) is 0 Å². The van der Waals surface area contributed by atoms with Crippen LogP contribution in [-0.4, -0.2) is 70.8 Å². The van der Waals surface area contributed by atoms with Crippen LogP contribution < -0.4 is 9.80 Å². The molecule has 3 aromatic heterocycles.